The lowest BCUT2D eigenvalue weighted by Gasteiger charge is -2.16. The Morgan fingerprint density at radius 1 is 1.42 bits per heavy atom. The number of aromatic nitrogens is 1. The van der Waals surface area contributed by atoms with Crippen molar-refractivity contribution >= 4 is 21.7 Å². The van der Waals surface area contributed by atoms with E-state index >= 15 is 0 Å². The van der Waals surface area contributed by atoms with E-state index < -0.39 is 15.3 Å². The van der Waals surface area contributed by atoms with Crippen LogP contribution in [0.15, 0.2) is 18.2 Å². The molecule has 2 heterocycles. The van der Waals surface area contributed by atoms with E-state index in [2.05, 4.69) is 4.98 Å². The summed E-state index contributed by atoms with van der Waals surface area (Å²) in [7, 11) is -3.69. The number of hydrogen-bond donors (Lipinski definition) is 1. The van der Waals surface area contributed by atoms with Gasteiger partial charge in [-0.25, -0.2) is 18.5 Å². The first-order chi connectivity index (χ1) is 8.79. The molecule has 0 spiro atoms. The summed E-state index contributed by atoms with van der Waals surface area (Å²) in [5.41, 5.74) is 0.865. The third kappa shape index (κ3) is 2.93. The average Bonchev–Trinajstić information content (AvgIpc) is 2.71. The zero-order valence-corrected chi connectivity index (χ0v) is 11.7. The molecule has 104 valence electrons. The predicted octanol–water partition coefficient (Wildman–Crippen LogP) is 0.599. The summed E-state index contributed by atoms with van der Waals surface area (Å²) in [6.45, 7) is 4.09. The van der Waals surface area contributed by atoms with Gasteiger partial charge in [-0.05, 0) is 18.1 Å². The number of amides is 1. The zero-order valence-electron chi connectivity index (χ0n) is 10.9. The molecule has 1 amide bonds. The van der Waals surface area contributed by atoms with E-state index in [1.165, 1.54) is 4.90 Å². The maximum absolute atomic E-state index is 11.9. The standard InChI is InChI=1S/C12H17N3O3S/c1-8(2)10-4-3-5-11(14-10)15-7-9(6-12(15)16)19(13,17)18/h3-5,8-9H,6-7H2,1-2H3,(H2,13,17,18). The van der Waals surface area contributed by atoms with Crippen LogP contribution in [0.3, 0.4) is 0 Å². The topological polar surface area (TPSA) is 93.4 Å². The first-order valence-electron chi connectivity index (χ1n) is 6.08. The van der Waals surface area contributed by atoms with Crippen LogP contribution in [0.2, 0.25) is 0 Å². The van der Waals surface area contributed by atoms with E-state index in [1.54, 1.807) is 6.07 Å². The molecule has 2 rings (SSSR count). The summed E-state index contributed by atoms with van der Waals surface area (Å²) in [5, 5.41) is 4.25. The molecule has 2 N–H and O–H groups in total. The molecular weight excluding hydrogens is 266 g/mol. The van der Waals surface area contributed by atoms with Gasteiger partial charge < -0.3 is 0 Å². The van der Waals surface area contributed by atoms with Crippen LogP contribution in [0.1, 0.15) is 31.9 Å². The number of pyridine rings is 1. The van der Waals surface area contributed by atoms with Gasteiger partial charge in [-0.3, -0.25) is 9.69 Å². The molecular formula is C12H17N3O3S. The van der Waals surface area contributed by atoms with Crippen LogP contribution in [-0.4, -0.2) is 31.1 Å². The van der Waals surface area contributed by atoms with E-state index in [1.807, 2.05) is 26.0 Å². The van der Waals surface area contributed by atoms with E-state index in [0.717, 1.165) is 5.69 Å². The summed E-state index contributed by atoms with van der Waals surface area (Å²) in [5.74, 6) is 0.474. The van der Waals surface area contributed by atoms with Gasteiger partial charge in [-0.2, -0.15) is 0 Å². The molecule has 6 nitrogen and oxygen atoms in total. The summed E-state index contributed by atoms with van der Waals surface area (Å²) >= 11 is 0. The fourth-order valence-corrected chi connectivity index (χ4v) is 2.76. The second kappa shape index (κ2) is 4.90. The van der Waals surface area contributed by atoms with Crippen LogP contribution in [0.25, 0.3) is 0 Å². The molecule has 0 aromatic carbocycles. The second-order valence-electron chi connectivity index (χ2n) is 4.99. The lowest BCUT2D eigenvalue weighted by atomic mass is 10.1. The molecule has 0 aliphatic carbocycles. The Balaban J connectivity index is 2.28. The molecule has 1 fully saturated rings. The molecule has 1 saturated heterocycles. The normalized spacial score (nSPS) is 20.3. The molecule has 1 atom stereocenters. The Labute approximate surface area is 112 Å². The van der Waals surface area contributed by atoms with Crippen molar-refractivity contribution in [2.75, 3.05) is 11.4 Å². The molecule has 0 radical (unpaired) electrons. The first-order valence-corrected chi connectivity index (χ1v) is 7.69. The van der Waals surface area contributed by atoms with Gasteiger partial charge in [0.2, 0.25) is 15.9 Å². The number of hydrogen-bond acceptors (Lipinski definition) is 4. The molecule has 0 saturated carbocycles. The quantitative estimate of drug-likeness (QED) is 0.879. The Morgan fingerprint density at radius 2 is 2.11 bits per heavy atom. The van der Waals surface area contributed by atoms with Crippen molar-refractivity contribution < 1.29 is 13.2 Å². The van der Waals surface area contributed by atoms with Crippen LogP contribution in [0.4, 0.5) is 5.82 Å². The molecule has 1 aromatic rings. The third-order valence-electron chi connectivity index (χ3n) is 3.18. The summed E-state index contributed by atoms with van der Waals surface area (Å²) in [4.78, 5) is 17.7. The molecule has 7 heteroatoms. The Morgan fingerprint density at radius 3 is 2.63 bits per heavy atom. The second-order valence-corrected chi connectivity index (χ2v) is 6.84. The zero-order chi connectivity index (χ0) is 14.2. The average molecular weight is 283 g/mol. The largest absolute Gasteiger partial charge is 0.295 e. The number of primary sulfonamides is 1. The Bertz CT molecular complexity index is 598. The van der Waals surface area contributed by atoms with Crippen molar-refractivity contribution in [3.05, 3.63) is 23.9 Å². The van der Waals surface area contributed by atoms with Gasteiger partial charge in [0.15, 0.2) is 0 Å². The van der Waals surface area contributed by atoms with Gasteiger partial charge in [0.1, 0.15) is 11.1 Å². The monoisotopic (exact) mass is 283 g/mol. The number of carbonyl (C=O) groups is 1. The first kappa shape index (κ1) is 14.0. The molecule has 1 aromatic heterocycles. The molecule has 1 aliphatic rings. The van der Waals surface area contributed by atoms with Crippen molar-refractivity contribution in [3.63, 3.8) is 0 Å². The summed E-state index contributed by atoms with van der Waals surface area (Å²) in [6, 6.07) is 5.40. The predicted molar refractivity (Wildman–Crippen MR) is 72.2 cm³/mol. The van der Waals surface area contributed by atoms with Crippen LogP contribution >= 0.6 is 0 Å². The van der Waals surface area contributed by atoms with Crippen molar-refractivity contribution in [1.82, 2.24) is 4.98 Å². The Kier molecular flexibility index (Phi) is 3.60. The number of rotatable bonds is 3. The van der Waals surface area contributed by atoms with Gasteiger partial charge in [0, 0.05) is 18.7 Å². The number of nitrogens with zero attached hydrogens (tertiary/aromatic N) is 2. The van der Waals surface area contributed by atoms with E-state index in [9.17, 15) is 13.2 Å². The summed E-state index contributed by atoms with van der Waals surface area (Å²) in [6.07, 6.45) is -0.0770. The van der Waals surface area contributed by atoms with E-state index in [0.29, 0.717) is 5.82 Å². The van der Waals surface area contributed by atoms with Crippen molar-refractivity contribution in [2.24, 2.45) is 5.14 Å². The SMILES string of the molecule is CC(C)c1cccc(N2CC(S(N)(=O)=O)CC2=O)n1. The minimum absolute atomic E-state index is 0.0756. The maximum atomic E-state index is 11.9. The van der Waals surface area contributed by atoms with Gasteiger partial charge >= 0.3 is 0 Å². The van der Waals surface area contributed by atoms with Crippen LogP contribution < -0.4 is 10.0 Å². The maximum Gasteiger partial charge on any atom is 0.229 e. The van der Waals surface area contributed by atoms with Gasteiger partial charge in [-0.15, -0.1) is 0 Å². The fraction of sp³-hybridized carbons (Fsp3) is 0.500. The molecule has 1 aliphatic heterocycles. The van der Waals surface area contributed by atoms with E-state index in [-0.39, 0.29) is 24.8 Å². The highest BCUT2D eigenvalue weighted by molar-refractivity contribution is 7.89. The summed E-state index contributed by atoms with van der Waals surface area (Å²) < 4.78 is 22.6. The molecule has 0 bridgehead atoms. The van der Waals surface area contributed by atoms with Gasteiger partial charge in [0.25, 0.3) is 0 Å². The van der Waals surface area contributed by atoms with Crippen molar-refractivity contribution in [2.45, 2.75) is 31.4 Å². The van der Waals surface area contributed by atoms with Gasteiger partial charge in [-0.1, -0.05) is 19.9 Å². The van der Waals surface area contributed by atoms with Crippen LogP contribution in [0, 0.1) is 0 Å². The van der Waals surface area contributed by atoms with Crippen LogP contribution in [-0.2, 0) is 14.8 Å². The molecule has 1 unspecified atom stereocenters. The lowest BCUT2D eigenvalue weighted by Crippen LogP contribution is -2.32. The third-order valence-corrected chi connectivity index (χ3v) is 4.42. The van der Waals surface area contributed by atoms with Crippen LogP contribution in [0.5, 0.6) is 0 Å². The van der Waals surface area contributed by atoms with E-state index in [4.69, 9.17) is 5.14 Å². The minimum Gasteiger partial charge on any atom is -0.295 e. The Hall–Kier alpha value is -1.47. The highest BCUT2D eigenvalue weighted by atomic mass is 32.2. The minimum atomic E-state index is -3.69. The number of nitrogens with two attached hydrogens (primary N) is 1. The van der Waals surface area contributed by atoms with Gasteiger partial charge in [0.05, 0.1) is 0 Å². The lowest BCUT2D eigenvalue weighted by molar-refractivity contribution is -0.117. The highest BCUT2D eigenvalue weighted by Crippen LogP contribution is 2.24. The van der Waals surface area contributed by atoms with Crippen molar-refractivity contribution in [1.29, 1.82) is 0 Å². The fourth-order valence-electron chi connectivity index (χ4n) is 2.03. The van der Waals surface area contributed by atoms with Crippen molar-refractivity contribution in [3.8, 4) is 0 Å². The number of anilines is 1. The number of sulfonamides is 1. The number of carbonyl (C=O) groups excluding carboxylic acids is 1. The smallest absolute Gasteiger partial charge is 0.229 e. The highest BCUT2D eigenvalue weighted by Gasteiger charge is 2.37. The molecule has 19 heavy (non-hydrogen) atoms.